The molecule has 4 fully saturated rings. The van der Waals surface area contributed by atoms with Gasteiger partial charge in [0.25, 0.3) is 0 Å². The molecule has 7 heteroatoms. The zero-order valence-corrected chi connectivity index (χ0v) is 13.9. The van der Waals surface area contributed by atoms with Gasteiger partial charge in [-0.25, -0.2) is 0 Å². The first-order chi connectivity index (χ1) is 10.4. The number of rotatable bonds is 0. The van der Waals surface area contributed by atoms with E-state index < -0.39 is 10.4 Å². The topological polar surface area (TPSA) is 81.1 Å². The molecule has 4 rings (SSSR count). The maximum atomic E-state index is 8.74. The lowest BCUT2D eigenvalue weighted by Crippen LogP contribution is -2.63. The Morgan fingerprint density at radius 1 is 0.773 bits per heavy atom. The Morgan fingerprint density at radius 2 is 1.18 bits per heavy atom. The molecule has 0 saturated carbocycles. The van der Waals surface area contributed by atoms with E-state index in [1.54, 1.807) is 6.42 Å². The van der Waals surface area contributed by atoms with Crippen LogP contribution in [0.3, 0.4) is 0 Å². The second-order valence-electron chi connectivity index (χ2n) is 7.32. The lowest BCUT2D eigenvalue weighted by molar-refractivity contribution is -0.0718. The molecule has 0 aromatic heterocycles. The summed E-state index contributed by atoms with van der Waals surface area (Å²) >= 11 is 0. The Balaban J connectivity index is 0.000000254. The first kappa shape index (κ1) is 16.6. The van der Waals surface area contributed by atoms with Crippen LogP contribution < -0.4 is 0 Å². The molecular weight excluding hydrogens is 304 g/mol. The third-order valence-corrected chi connectivity index (χ3v) is 5.96. The lowest BCUT2D eigenvalue weighted by Gasteiger charge is -2.57. The van der Waals surface area contributed by atoms with Gasteiger partial charge in [-0.1, -0.05) is 12.8 Å². The predicted octanol–water partition coefficient (Wildman–Crippen LogP) is 1.69. The molecule has 2 N–H and O–H groups in total. The van der Waals surface area contributed by atoms with Crippen molar-refractivity contribution in [1.82, 2.24) is 9.80 Å². The van der Waals surface area contributed by atoms with Crippen LogP contribution in [0.15, 0.2) is 0 Å². The Morgan fingerprint density at radius 3 is 1.59 bits per heavy atom. The molecule has 0 aromatic carbocycles. The van der Waals surface area contributed by atoms with E-state index in [-0.39, 0.29) is 0 Å². The molecule has 4 aliphatic rings. The zero-order valence-electron chi connectivity index (χ0n) is 13.1. The predicted molar refractivity (Wildman–Crippen MR) is 84.2 cm³/mol. The van der Waals surface area contributed by atoms with E-state index in [0.717, 1.165) is 23.9 Å². The minimum Gasteiger partial charge on any atom is -0.300 e. The van der Waals surface area contributed by atoms with Gasteiger partial charge in [0.1, 0.15) is 0 Å². The number of hydrogen-bond acceptors (Lipinski definition) is 4. The second-order valence-corrected chi connectivity index (χ2v) is 8.22. The van der Waals surface area contributed by atoms with Gasteiger partial charge in [-0.3, -0.25) is 18.9 Å². The Kier molecular flexibility index (Phi) is 5.09. The molecule has 4 aliphatic heterocycles. The number of fused-ring (bicyclic) bond motifs is 6. The van der Waals surface area contributed by atoms with E-state index in [1.165, 1.54) is 64.7 Å². The highest BCUT2D eigenvalue weighted by Crippen LogP contribution is 2.42. The molecule has 4 saturated heterocycles. The average Bonchev–Trinajstić information content (AvgIpc) is 2.46. The van der Waals surface area contributed by atoms with Crippen LogP contribution in [-0.4, -0.2) is 65.6 Å². The molecule has 1 unspecified atom stereocenters. The van der Waals surface area contributed by atoms with Crippen LogP contribution >= 0.6 is 0 Å². The first-order valence-electron chi connectivity index (χ1n) is 8.60. The summed E-state index contributed by atoms with van der Waals surface area (Å²) in [6.45, 7) is 5.68. The van der Waals surface area contributed by atoms with E-state index in [4.69, 9.17) is 17.5 Å². The molecule has 6 nitrogen and oxygen atoms in total. The molecule has 0 amide bonds. The highest BCUT2D eigenvalue weighted by atomic mass is 32.3. The smallest absolute Gasteiger partial charge is 0.300 e. The van der Waals surface area contributed by atoms with E-state index in [2.05, 4.69) is 9.80 Å². The monoisotopic (exact) mass is 332 g/mol. The van der Waals surface area contributed by atoms with Gasteiger partial charge in [-0.15, -0.1) is 0 Å². The SMILES string of the molecule is C1CCN2C[C@H]3CC(CN4CCCC[C@@H]34)[C@H]2C1.O=S(=O)(O)O. The fourth-order valence-electron chi connectivity index (χ4n) is 5.25. The summed E-state index contributed by atoms with van der Waals surface area (Å²) in [5, 5.41) is 0. The molecule has 22 heavy (non-hydrogen) atoms. The molecule has 128 valence electrons. The summed E-state index contributed by atoms with van der Waals surface area (Å²) in [5.74, 6) is 2.03. The molecule has 4 atom stereocenters. The molecule has 0 radical (unpaired) electrons. The summed E-state index contributed by atoms with van der Waals surface area (Å²) in [5.41, 5.74) is 0. The Bertz CT molecular complexity index is 448. The molecule has 4 heterocycles. The number of nitrogens with zero attached hydrogens (tertiary/aromatic N) is 2. The van der Waals surface area contributed by atoms with Crippen LogP contribution in [0, 0.1) is 11.8 Å². The van der Waals surface area contributed by atoms with Crippen molar-refractivity contribution in [1.29, 1.82) is 0 Å². The van der Waals surface area contributed by atoms with E-state index in [0.29, 0.717) is 0 Å². The lowest BCUT2D eigenvalue weighted by atomic mass is 9.71. The van der Waals surface area contributed by atoms with Crippen LogP contribution in [0.1, 0.15) is 44.9 Å². The van der Waals surface area contributed by atoms with Gasteiger partial charge >= 0.3 is 10.4 Å². The standard InChI is InChI=1S/C15H26N2.H2O4S/c1-3-7-16-11-13-9-12(14(16)5-1)10-17-8-4-2-6-15(13)17;1-5(2,3)4/h12-15H,1-11H2;(H2,1,2,3,4)/t12-,13?,14+,15-;/m1./s1. The van der Waals surface area contributed by atoms with Crippen LogP contribution in [-0.2, 0) is 10.4 Å². The second kappa shape index (κ2) is 6.73. The summed E-state index contributed by atoms with van der Waals surface area (Å²) in [6.07, 6.45) is 10.5. The van der Waals surface area contributed by atoms with E-state index >= 15 is 0 Å². The quantitative estimate of drug-likeness (QED) is 0.657. The molecule has 0 aromatic rings. The van der Waals surface area contributed by atoms with Gasteiger partial charge in [0, 0.05) is 25.2 Å². The zero-order chi connectivity index (χ0) is 15.7. The highest BCUT2D eigenvalue weighted by Gasteiger charge is 2.46. The van der Waals surface area contributed by atoms with E-state index in [9.17, 15) is 0 Å². The molecular formula is C15H28N2O4S. The summed E-state index contributed by atoms with van der Waals surface area (Å²) < 4.78 is 31.6. The highest BCUT2D eigenvalue weighted by molar-refractivity contribution is 7.79. The molecule has 2 bridgehead atoms. The van der Waals surface area contributed by atoms with Gasteiger partial charge in [0.05, 0.1) is 0 Å². The third-order valence-electron chi connectivity index (χ3n) is 5.96. The number of hydrogen-bond donors (Lipinski definition) is 2. The number of piperidine rings is 4. The van der Waals surface area contributed by atoms with Crippen molar-refractivity contribution >= 4 is 10.4 Å². The third kappa shape index (κ3) is 4.00. The van der Waals surface area contributed by atoms with Crippen LogP contribution in [0.25, 0.3) is 0 Å². The van der Waals surface area contributed by atoms with Crippen molar-refractivity contribution in [3.05, 3.63) is 0 Å². The average molecular weight is 332 g/mol. The minimum absolute atomic E-state index is 0.961. The van der Waals surface area contributed by atoms with Gasteiger partial charge in [0.15, 0.2) is 0 Å². The normalized spacial score (nSPS) is 39.2. The van der Waals surface area contributed by atoms with Gasteiger partial charge in [-0.05, 0) is 57.0 Å². The van der Waals surface area contributed by atoms with Crippen molar-refractivity contribution in [2.24, 2.45) is 11.8 Å². The fourth-order valence-corrected chi connectivity index (χ4v) is 5.25. The maximum absolute atomic E-state index is 8.74. The first-order valence-corrected chi connectivity index (χ1v) is 9.99. The largest absolute Gasteiger partial charge is 0.394 e. The van der Waals surface area contributed by atoms with E-state index in [1.807, 2.05) is 0 Å². The van der Waals surface area contributed by atoms with Crippen LogP contribution in [0.2, 0.25) is 0 Å². The van der Waals surface area contributed by atoms with Crippen LogP contribution in [0.5, 0.6) is 0 Å². The van der Waals surface area contributed by atoms with Crippen molar-refractivity contribution in [3.8, 4) is 0 Å². The van der Waals surface area contributed by atoms with Crippen molar-refractivity contribution in [2.45, 2.75) is 57.0 Å². The maximum Gasteiger partial charge on any atom is 0.394 e. The molecule has 0 aliphatic carbocycles. The van der Waals surface area contributed by atoms with Gasteiger partial charge < -0.3 is 0 Å². The minimum atomic E-state index is -4.67. The fraction of sp³-hybridized carbons (Fsp3) is 1.00. The summed E-state index contributed by atoms with van der Waals surface area (Å²) in [7, 11) is -4.67. The van der Waals surface area contributed by atoms with Gasteiger partial charge in [0.2, 0.25) is 0 Å². The Labute approximate surface area is 133 Å². The van der Waals surface area contributed by atoms with Gasteiger partial charge in [-0.2, -0.15) is 8.42 Å². The van der Waals surface area contributed by atoms with Crippen molar-refractivity contribution < 1.29 is 17.5 Å². The van der Waals surface area contributed by atoms with Crippen molar-refractivity contribution in [3.63, 3.8) is 0 Å². The molecule has 0 spiro atoms. The Hall–Kier alpha value is -0.210. The summed E-state index contributed by atoms with van der Waals surface area (Å²) in [6, 6.07) is 1.92. The summed E-state index contributed by atoms with van der Waals surface area (Å²) in [4.78, 5) is 5.74. The van der Waals surface area contributed by atoms with Crippen molar-refractivity contribution in [2.75, 3.05) is 26.2 Å². The van der Waals surface area contributed by atoms with Crippen LogP contribution in [0.4, 0.5) is 0 Å².